The fraction of sp³-hybridized carbons (Fsp3) is 0.222. The second kappa shape index (κ2) is 3.43. The summed E-state index contributed by atoms with van der Waals surface area (Å²) in [6.45, 7) is 1.64. The summed E-state index contributed by atoms with van der Waals surface area (Å²) in [6.07, 6.45) is 0.794. The minimum Gasteiger partial charge on any atom is -0.303 e. The smallest absolute Gasteiger partial charge is 0.159 e. The van der Waals surface area contributed by atoms with Crippen molar-refractivity contribution in [3.05, 3.63) is 34.9 Å². The molecule has 1 aromatic carbocycles. The van der Waals surface area contributed by atoms with E-state index in [-0.39, 0.29) is 6.42 Å². The lowest BCUT2D eigenvalue weighted by atomic mass is 10.1. The third-order valence-electron chi connectivity index (χ3n) is 1.68. The zero-order valence-corrected chi connectivity index (χ0v) is 6.60. The number of aldehydes is 1. The highest BCUT2D eigenvalue weighted by atomic mass is 19.2. The SMILES string of the molecule is Cc1cc(F)c(F)cc1CC=O. The maximum Gasteiger partial charge on any atom is 0.159 e. The normalized spacial score (nSPS) is 9.92. The van der Waals surface area contributed by atoms with Gasteiger partial charge in [0.1, 0.15) is 6.29 Å². The van der Waals surface area contributed by atoms with E-state index < -0.39 is 11.6 Å². The Morgan fingerprint density at radius 2 is 1.92 bits per heavy atom. The Kier molecular flexibility index (Phi) is 2.53. The molecule has 1 nitrogen and oxygen atoms in total. The van der Waals surface area contributed by atoms with Crippen molar-refractivity contribution in [3.63, 3.8) is 0 Å². The highest BCUT2D eigenvalue weighted by Gasteiger charge is 2.05. The quantitative estimate of drug-likeness (QED) is 0.620. The van der Waals surface area contributed by atoms with Gasteiger partial charge in [0.05, 0.1) is 0 Å². The summed E-state index contributed by atoms with van der Waals surface area (Å²) in [7, 11) is 0. The van der Waals surface area contributed by atoms with E-state index in [4.69, 9.17) is 0 Å². The molecular weight excluding hydrogens is 162 g/mol. The molecule has 0 unspecified atom stereocenters. The molecule has 0 aliphatic rings. The van der Waals surface area contributed by atoms with Crippen molar-refractivity contribution in [1.82, 2.24) is 0 Å². The highest BCUT2D eigenvalue weighted by Crippen LogP contribution is 2.13. The molecule has 0 N–H and O–H groups in total. The summed E-state index contributed by atoms with van der Waals surface area (Å²) in [5.41, 5.74) is 1.13. The molecule has 0 aliphatic carbocycles. The van der Waals surface area contributed by atoms with E-state index in [9.17, 15) is 13.6 Å². The third kappa shape index (κ3) is 1.67. The summed E-state index contributed by atoms with van der Waals surface area (Å²) in [6, 6.07) is 2.15. The van der Waals surface area contributed by atoms with Gasteiger partial charge in [0.2, 0.25) is 0 Å². The Morgan fingerprint density at radius 1 is 1.33 bits per heavy atom. The maximum atomic E-state index is 12.6. The molecule has 0 heterocycles. The number of rotatable bonds is 2. The average molecular weight is 170 g/mol. The number of hydrogen-bond donors (Lipinski definition) is 0. The predicted molar refractivity (Wildman–Crippen MR) is 40.9 cm³/mol. The molecule has 1 rings (SSSR count). The molecule has 64 valence electrons. The van der Waals surface area contributed by atoms with Gasteiger partial charge in [-0.05, 0) is 30.2 Å². The Labute approximate surface area is 69.0 Å². The summed E-state index contributed by atoms with van der Waals surface area (Å²) in [5, 5.41) is 0. The first-order valence-electron chi connectivity index (χ1n) is 3.53. The maximum absolute atomic E-state index is 12.6. The first-order valence-corrected chi connectivity index (χ1v) is 3.53. The summed E-state index contributed by atoms with van der Waals surface area (Å²) in [5.74, 6) is -1.78. The molecule has 0 saturated heterocycles. The monoisotopic (exact) mass is 170 g/mol. The zero-order chi connectivity index (χ0) is 9.14. The van der Waals surface area contributed by atoms with E-state index in [0.717, 1.165) is 12.1 Å². The van der Waals surface area contributed by atoms with Crippen molar-refractivity contribution in [2.75, 3.05) is 0 Å². The fourth-order valence-corrected chi connectivity index (χ4v) is 0.997. The highest BCUT2D eigenvalue weighted by molar-refractivity contribution is 5.56. The number of benzene rings is 1. The predicted octanol–water partition coefficient (Wildman–Crippen LogP) is 2.01. The first-order chi connectivity index (χ1) is 5.65. The van der Waals surface area contributed by atoms with Gasteiger partial charge in [-0.3, -0.25) is 0 Å². The van der Waals surface area contributed by atoms with Crippen LogP contribution in [0.4, 0.5) is 8.78 Å². The Morgan fingerprint density at radius 3 is 2.50 bits per heavy atom. The van der Waals surface area contributed by atoms with Crippen molar-refractivity contribution in [3.8, 4) is 0 Å². The van der Waals surface area contributed by atoms with Crippen molar-refractivity contribution in [1.29, 1.82) is 0 Å². The molecule has 0 atom stereocenters. The molecular formula is C9H8F2O. The number of halogens is 2. The van der Waals surface area contributed by atoms with Gasteiger partial charge < -0.3 is 4.79 Å². The van der Waals surface area contributed by atoms with Gasteiger partial charge in [-0.2, -0.15) is 0 Å². The number of carbonyl (C=O) groups is 1. The van der Waals surface area contributed by atoms with Crippen molar-refractivity contribution < 1.29 is 13.6 Å². The minimum atomic E-state index is -0.905. The van der Waals surface area contributed by atoms with Crippen LogP contribution >= 0.6 is 0 Å². The number of aryl methyl sites for hydroxylation is 1. The topological polar surface area (TPSA) is 17.1 Å². The van der Waals surface area contributed by atoms with E-state index in [0.29, 0.717) is 17.4 Å². The van der Waals surface area contributed by atoms with Crippen LogP contribution in [0, 0.1) is 18.6 Å². The van der Waals surface area contributed by atoms with Crippen LogP contribution in [0.25, 0.3) is 0 Å². The zero-order valence-electron chi connectivity index (χ0n) is 6.60. The van der Waals surface area contributed by atoms with Crippen LogP contribution in [-0.4, -0.2) is 6.29 Å². The summed E-state index contributed by atoms with van der Waals surface area (Å²) in [4.78, 5) is 10.1. The average Bonchev–Trinajstić information content (AvgIpc) is 2.01. The van der Waals surface area contributed by atoms with Gasteiger partial charge in [0.15, 0.2) is 11.6 Å². The molecule has 0 aliphatic heterocycles. The Bertz CT molecular complexity index is 308. The fourth-order valence-electron chi connectivity index (χ4n) is 0.997. The molecule has 0 saturated carbocycles. The van der Waals surface area contributed by atoms with Crippen molar-refractivity contribution >= 4 is 6.29 Å². The van der Waals surface area contributed by atoms with E-state index >= 15 is 0 Å². The Hall–Kier alpha value is -1.25. The summed E-state index contributed by atoms with van der Waals surface area (Å²) >= 11 is 0. The minimum absolute atomic E-state index is 0.128. The van der Waals surface area contributed by atoms with Crippen LogP contribution in [0.3, 0.4) is 0 Å². The molecule has 0 amide bonds. The summed E-state index contributed by atoms with van der Waals surface area (Å²) < 4.78 is 25.1. The van der Waals surface area contributed by atoms with Gasteiger partial charge >= 0.3 is 0 Å². The number of hydrogen-bond acceptors (Lipinski definition) is 1. The van der Waals surface area contributed by atoms with Crippen LogP contribution in [0.1, 0.15) is 11.1 Å². The first kappa shape index (κ1) is 8.84. The van der Waals surface area contributed by atoms with E-state index in [1.165, 1.54) is 0 Å². The van der Waals surface area contributed by atoms with Gasteiger partial charge in [0.25, 0.3) is 0 Å². The Balaban J connectivity index is 3.13. The van der Waals surface area contributed by atoms with E-state index in [2.05, 4.69) is 0 Å². The lowest BCUT2D eigenvalue weighted by Crippen LogP contribution is -1.94. The van der Waals surface area contributed by atoms with Crippen LogP contribution < -0.4 is 0 Å². The van der Waals surface area contributed by atoms with Gasteiger partial charge in [-0.15, -0.1) is 0 Å². The third-order valence-corrected chi connectivity index (χ3v) is 1.68. The van der Waals surface area contributed by atoms with Crippen LogP contribution in [0.15, 0.2) is 12.1 Å². The lowest BCUT2D eigenvalue weighted by molar-refractivity contribution is -0.107. The van der Waals surface area contributed by atoms with Gasteiger partial charge in [-0.25, -0.2) is 8.78 Å². The molecule has 0 radical (unpaired) electrons. The molecule has 3 heteroatoms. The standard InChI is InChI=1S/C9H8F2O/c1-6-4-8(10)9(11)5-7(6)2-3-12/h3-5H,2H2,1H3. The molecule has 0 bridgehead atoms. The second-order valence-corrected chi connectivity index (χ2v) is 2.56. The lowest BCUT2D eigenvalue weighted by Gasteiger charge is -2.01. The van der Waals surface area contributed by atoms with Crippen LogP contribution in [0.2, 0.25) is 0 Å². The van der Waals surface area contributed by atoms with Crippen molar-refractivity contribution in [2.45, 2.75) is 13.3 Å². The molecule has 0 aromatic heterocycles. The van der Waals surface area contributed by atoms with E-state index in [1.807, 2.05) is 0 Å². The van der Waals surface area contributed by atoms with Gasteiger partial charge in [-0.1, -0.05) is 0 Å². The van der Waals surface area contributed by atoms with Gasteiger partial charge in [0, 0.05) is 6.42 Å². The molecule has 12 heavy (non-hydrogen) atoms. The molecule has 0 spiro atoms. The largest absolute Gasteiger partial charge is 0.303 e. The molecule has 1 aromatic rings. The number of carbonyl (C=O) groups excluding carboxylic acids is 1. The molecule has 0 fully saturated rings. The second-order valence-electron chi connectivity index (χ2n) is 2.56. The van der Waals surface area contributed by atoms with E-state index in [1.54, 1.807) is 6.92 Å². The van der Waals surface area contributed by atoms with Crippen LogP contribution in [0.5, 0.6) is 0 Å². The van der Waals surface area contributed by atoms with Crippen molar-refractivity contribution in [2.24, 2.45) is 0 Å². The van der Waals surface area contributed by atoms with Crippen LogP contribution in [-0.2, 0) is 11.2 Å².